The van der Waals surface area contributed by atoms with Crippen molar-refractivity contribution in [2.75, 3.05) is 26.5 Å². The van der Waals surface area contributed by atoms with Crippen molar-refractivity contribution in [1.82, 2.24) is 5.32 Å². The van der Waals surface area contributed by atoms with Crippen molar-refractivity contribution in [1.29, 1.82) is 0 Å². The molecule has 0 aliphatic heterocycles. The summed E-state index contributed by atoms with van der Waals surface area (Å²) in [5.74, 6) is 1.87. The van der Waals surface area contributed by atoms with Gasteiger partial charge in [-0.1, -0.05) is 17.7 Å². The molecule has 0 bridgehead atoms. The molecule has 0 saturated carbocycles. The van der Waals surface area contributed by atoms with Gasteiger partial charge in [0.05, 0.1) is 14.2 Å². The third kappa shape index (κ3) is 4.93. The normalized spacial score (nSPS) is 10.2. The number of methoxy groups -OCH3 is 2. The van der Waals surface area contributed by atoms with E-state index in [0.717, 1.165) is 5.75 Å². The van der Waals surface area contributed by atoms with Gasteiger partial charge >= 0.3 is 0 Å². The average molecular weight is 331 g/mol. The largest absolute Gasteiger partial charge is 0.493 e. The summed E-state index contributed by atoms with van der Waals surface area (Å²) in [5, 5.41) is 2.91. The van der Waals surface area contributed by atoms with Gasteiger partial charge in [-0.3, -0.25) is 4.79 Å². The number of hydrogen-bond acceptors (Lipinski definition) is 4. The van der Waals surface area contributed by atoms with Crippen molar-refractivity contribution in [3.8, 4) is 11.5 Å². The topological polar surface area (TPSA) is 47.6 Å². The zero-order chi connectivity index (χ0) is 16.7. The van der Waals surface area contributed by atoms with Crippen molar-refractivity contribution < 1.29 is 14.3 Å². The first-order chi connectivity index (χ1) is 11.1. The van der Waals surface area contributed by atoms with Gasteiger partial charge in [0.1, 0.15) is 0 Å². The highest BCUT2D eigenvalue weighted by Gasteiger charge is 2.10. The van der Waals surface area contributed by atoms with Gasteiger partial charge in [-0.05, 0) is 37.3 Å². The van der Waals surface area contributed by atoms with Crippen LogP contribution in [0.15, 0.2) is 47.4 Å². The maximum absolute atomic E-state index is 12.2. The van der Waals surface area contributed by atoms with Crippen molar-refractivity contribution in [2.45, 2.75) is 11.8 Å². The molecule has 0 fully saturated rings. The van der Waals surface area contributed by atoms with Gasteiger partial charge in [0, 0.05) is 22.8 Å². The van der Waals surface area contributed by atoms with Gasteiger partial charge in [-0.25, -0.2) is 0 Å². The molecule has 1 amide bonds. The Morgan fingerprint density at radius 1 is 1.04 bits per heavy atom. The first-order valence-electron chi connectivity index (χ1n) is 7.33. The van der Waals surface area contributed by atoms with Crippen molar-refractivity contribution in [3.05, 3.63) is 53.6 Å². The van der Waals surface area contributed by atoms with Crippen LogP contribution in [0.5, 0.6) is 11.5 Å². The number of amides is 1. The molecule has 0 atom stereocenters. The lowest BCUT2D eigenvalue weighted by molar-refractivity contribution is 0.0956. The molecule has 2 aromatic carbocycles. The van der Waals surface area contributed by atoms with E-state index in [9.17, 15) is 4.79 Å². The number of rotatable bonds is 7. The summed E-state index contributed by atoms with van der Waals surface area (Å²) in [4.78, 5) is 13.4. The molecule has 0 saturated heterocycles. The monoisotopic (exact) mass is 331 g/mol. The lowest BCUT2D eigenvalue weighted by Crippen LogP contribution is -2.25. The molecule has 23 heavy (non-hydrogen) atoms. The molecule has 0 heterocycles. The minimum Gasteiger partial charge on any atom is -0.493 e. The second kappa shape index (κ2) is 8.48. The van der Waals surface area contributed by atoms with Gasteiger partial charge in [0.25, 0.3) is 5.91 Å². The number of aryl methyl sites for hydroxylation is 1. The smallest absolute Gasteiger partial charge is 0.251 e. The fourth-order valence-corrected chi connectivity index (χ4v) is 2.82. The molecule has 1 N–H and O–H groups in total. The SMILES string of the molecule is COc1ccc(C(=O)NCCSc2ccc(C)cc2)cc1OC. The molecule has 0 spiro atoms. The maximum atomic E-state index is 12.2. The molecule has 2 rings (SSSR count). The van der Waals surface area contributed by atoms with Gasteiger partial charge in [0.15, 0.2) is 11.5 Å². The highest BCUT2D eigenvalue weighted by Crippen LogP contribution is 2.27. The van der Waals surface area contributed by atoms with Crippen LogP contribution in [0.1, 0.15) is 15.9 Å². The standard InChI is InChI=1S/C18H21NO3S/c1-13-4-7-15(8-5-13)23-11-10-19-18(20)14-6-9-16(21-2)17(12-14)22-3/h4-9,12H,10-11H2,1-3H3,(H,19,20). The van der Waals surface area contributed by atoms with Crippen LogP contribution in [0.25, 0.3) is 0 Å². The molecule has 122 valence electrons. The molecule has 0 unspecified atom stereocenters. The predicted octanol–water partition coefficient (Wildman–Crippen LogP) is 3.53. The van der Waals surface area contributed by atoms with Crippen LogP contribution in [0.3, 0.4) is 0 Å². The van der Waals surface area contributed by atoms with Gasteiger partial charge < -0.3 is 14.8 Å². The Bertz CT molecular complexity index is 656. The van der Waals surface area contributed by atoms with E-state index in [4.69, 9.17) is 9.47 Å². The quantitative estimate of drug-likeness (QED) is 0.623. The van der Waals surface area contributed by atoms with Gasteiger partial charge in [-0.15, -0.1) is 11.8 Å². The van der Waals surface area contributed by atoms with Gasteiger partial charge in [0.2, 0.25) is 0 Å². The van der Waals surface area contributed by atoms with Crippen LogP contribution in [0, 0.1) is 6.92 Å². The van der Waals surface area contributed by atoms with Crippen LogP contribution < -0.4 is 14.8 Å². The zero-order valence-electron chi connectivity index (χ0n) is 13.6. The van der Waals surface area contributed by atoms with E-state index >= 15 is 0 Å². The Kier molecular flexibility index (Phi) is 6.35. The molecular formula is C18H21NO3S. The summed E-state index contributed by atoms with van der Waals surface area (Å²) in [6, 6.07) is 13.5. The van der Waals surface area contributed by atoms with Crippen LogP contribution in [0.2, 0.25) is 0 Å². The van der Waals surface area contributed by atoms with Crippen LogP contribution in [-0.2, 0) is 0 Å². The molecule has 5 heteroatoms. The van der Waals surface area contributed by atoms with Crippen LogP contribution in [0.4, 0.5) is 0 Å². The Balaban J connectivity index is 1.83. The first-order valence-corrected chi connectivity index (χ1v) is 8.32. The lowest BCUT2D eigenvalue weighted by Gasteiger charge is -2.10. The lowest BCUT2D eigenvalue weighted by atomic mass is 10.2. The molecule has 0 aromatic heterocycles. The van der Waals surface area contributed by atoms with Crippen molar-refractivity contribution >= 4 is 17.7 Å². The Morgan fingerprint density at radius 2 is 1.74 bits per heavy atom. The number of benzene rings is 2. The third-order valence-corrected chi connectivity index (χ3v) is 4.34. The van der Waals surface area contributed by atoms with Crippen molar-refractivity contribution in [3.63, 3.8) is 0 Å². The van der Waals surface area contributed by atoms with Crippen LogP contribution in [-0.4, -0.2) is 32.4 Å². The Labute approximate surface area is 141 Å². The summed E-state index contributed by atoms with van der Waals surface area (Å²) in [7, 11) is 3.12. The molecule has 0 aliphatic carbocycles. The zero-order valence-corrected chi connectivity index (χ0v) is 14.4. The number of carbonyl (C=O) groups excluding carboxylic acids is 1. The minimum atomic E-state index is -0.115. The molecule has 0 radical (unpaired) electrons. The highest BCUT2D eigenvalue weighted by molar-refractivity contribution is 7.99. The van der Waals surface area contributed by atoms with E-state index in [0.29, 0.717) is 23.6 Å². The molecule has 4 nitrogen and oxygen atoms in total. The second-order valence-corrected chi connectivity index (χ2v) is 6.16. The first kappa shape index (κ1) is 17.2. The Morgan fingerprint density at radius 3 is 2.39 bits per heavy atom. The minimum absolute atomic E-state index is 0.115. The third-order valence-electron chi connectivity index (χ3n) is 3.32. The average Bonchev–Trinajstić information content (AvgIpc) is 2.59. The van der Waals surface area contributed by atoms with E-state index in [-0.39, 0.29) is 5.91 Å². The van der Waals surface area contributed by atoms with E-state index < -0.39 is 0 Å². The van der Waals surface area contributed by atoms with E-state index in [1.54, 1.807) is 44.2 Å². The summed E-state index contributed by atoms with van der Waals surface area (Å²) in [6.45, 7) is 2.67. The van der Waals surface area contributed by atoms with Gasteiger partial charge in [-0.2, -0.15) is 0 Å². The fraction of sp³-hybridized carbons (Fsp3) is 0.278. The second-order valence-electron chi connectivity index (χ2n) is 4.99. The number of thioether (sulfide) groups is 1. The number of hydrogen-bond donors (Lipinski definition) is 1. The summed E-state index contributed by atoms with van der Waals surface area (Å²) in [6.07, 6.45) is 0. The summed E-state index contributed by atoms with van der Waals surface area (Å²) < 4.78 is 10.4. The molecule has 2 aromatic rings. The maximum Gasteiger partial charge on any atom is 0.251 e. The van der Waals surface area contributed by atoms with E-state index in [2.05, 4.69) is 36.5 Å². The number of ether oxygens (including phenoxy) is 2. The summed E-state index contributed by atoms with van der Waals surface area (Å²) >= 11 is 1.72. The van der Waals surface area contributed by atoms with Crippen LogP contribution >= 0.6 is 11.8 Å². The summed E-state index contributed by atoms with van der Waals surface area (Å²) in [5.41, 5.74) is 1.80. The molecular weight excluding hydrogens is 310 g/mol. The number of carbonyl (C=O) groups is 1. The number of nitrogens with one attached hydrogen (secondary N) is 1. The Hall–Kier alpha value is -2.14. The highest BCUT2D eigenvalue weighted by atomic mass is 32.2. The van der Waals surface area contributed by atoms with E-state index in [1.165, 1.54) is 10.5 Å². The van der Waals surface area contributed by atoms with E-state index in [1.807, 2.05) is 0 Å². The predicted molar refractivity (Wildman–Crippen MR) is 93.8 cm³/mol. The van der Waals surface area contributed by atoms with Crippen molar-refractivity contribution in [2.24, 2.45) is 0 Å². The fourth-order valence-electron chi connectivity index (χ4n) is 2.05. The molecule has 0 aliphatic rings.